The Labute approximate surface area is 119 Å². The minimum atomic E-state index is -1.49. The maximum Gasteiger partial charge on any atom is 0.488 e. The highest BCUT2D eigenvalue weighted by Crippen LogP contribution is 2.27. The highest BCUT2D eigenvalue weighted by Gasteiger charge is 2.28. The minimum Gasteiger partial charge on any atom is -0.443 e. The van der Waals surface area contributed by atoms with Gasteiger partial charge in [-0.25, -0.2) is 4.79 Å². The van der Waals surface area contributed by atoms with Gasteiger partial charge in [0.05, 0.1) is 5.69 Å². The van der Waals surface area contributed by atoms with Crippen molar-refractivity contribution in [3.8, 4) is 0 Å². The molecule has 1 aromatic rings. The summed E-state index contributed by atoms with van der Waals surface area (Å²) in [5, 5.41) is 18.4. The summed E-state index contributed by atoms with van der Waals surface area (Å²) in [7, 11) is -1.49. The monoisotopic (exact) mass is 277 g/mol. The Balaban J connectivity index is 2.27. The molecule has 0 saturated heterocycles. The highest BCUT2D eigenvalue weighted by atomic mass is 16.6. The van der Waals surface area contributed by atoms with E-state index in [9.17, 15) is 14.8 Å². The van der Waals surface area contributed by atoms with E-state index >= 15 is 0 Å². The number of carbonyl (C=O) groups excluding carboxylic acids is 1. The zero-order valence-corrected chi connectivity index (χ0v) is 12.1. The molecule has 20 heavy (non-hydrogen) atoms. The number of nitrogens with zero attached hydrogens (tertiary/aromatic N) is 1. The van der Waals surface area contributed by atoms with Gasteiger partial charge in [-0.15, -0.1) is 0 Å². The van der Waals surface area contributed by atoms with Gasteiger partial charge >= 0.3 is 13.2 Å². The van der Waals surface area contributed by atoms with E-state index in [2.05, 4.69) is 0 Å². The van der Waals surface area contributed by atoms with Gasteiger partial charge in [0.1, 0.15) is 5.60 Å². The molecule has 0 atom stereocenters. The molecule has 0 unspecified atom stereocenters. The molecule has 2 N–H and O–H groups in total. The smallest absolute Gasteiger partial charge is 0.443 e. The topological polar surface area (TPSA) is 70.0 Å². The number of ether oxygens (including phenoxy) is 1. The second-order valence-corrected chi connectivity index (χ2v) is 6.00. The molecule has 5 nitrogen and oxygen atoms in total. The first kappa shape index (κ1) is 14.9. The third kappa shape index (κ3) is 3.32. The Morgan fingerprint density at radius 2 is 2.05 bits per heavy atom. The largest absolute Gasteiger partial charge is 0.488 e. The highest BCUT2D eigenvalue weighted by molar-refractivity contribution is 6.58. The SMILES string of the molecule is CC(C)(C)OC(=O)N1CCCc2cc(B(O)O)ccc21. The van der Waals surface area contributed by atoms with Crippen LogP contribution in [0.3, 0.4) is 0 Å². The van der Waals surface area contributed by atoms with Crippen LogP contribution in [0.5, 0.6) is 0 Å². The van der Waals surface area contributed by atoms with Gasteiger partial charge in [-0.2, -0.15) is 0 Å². The third-order valence-electron chi connectivity index (χ3n) is 3.13. The molecule has 2 rings (SSSR count). The van der Waals surface area contributed by atoms with E-state index in [-0.39, 0.29) is 6.09 Å². The summed E-state index contributed by atoms with van der Waals surface area (Å²) in [6.07, 6.45) is 1.28. The summed E-state index contributed by atoms with van der Waals surface area (Å²) in [6, 6.07) is 5.09. The fourth-order valence-electron chi connectivity index (χ4n) is 2.28. The van der Waals surface area contributed by atoms with Gasteiger partial charge in [0.25, 0.3) is 0 Å². The summed E-state index contributed by atoms with van der Waals surface area (Å²) in [5.41, 5.74) is 1.63. The molecule has 6 heteroatoms. The van der Waals surface area contributed by atoms with E-state index in [0.717, 1.165) is 24.1 Å². The van der Waals surface area contributed by atoms with Gasteiger partial charge in [0, 0.05) is 6.54 Å². The van der Waals surface area contributed by atoms with Crippen molar-refractivity contribution in [1.82, 2.24) is 0 Å². The van der Waals surface area contributed by atoms with E-state index < -0.39 is 12.7 Å². The number of aryl methyl sites for hydroxylation is 1. The normalized spacial score (nSPS) is 14.8. The molecule has 1 aliphatic rings. The molecular formula is C14H20BNO4. The number of hydrogen-bond acceptors (Lipinski definition) is 4. The van der Waals surface area contributed by atoms with E-state index in [1.165, 1.54) is 0 Å². The molecular weight excluding hydrogens is 257 g/mol. The Morgan fingerprint density at radius 1 is 1.35 bits per heavy atom. The zero-order chi connectivity index (χ0) is 14.9. The minimum absolute atomic E-state index is 0.365. The van der Waals surface area contributed by atoms with Crippen molar-refractivity contribution < 1.29 is 19.6 Å². The van der Waals surface area contributed by atoms with Crippen molar-refractivity contribution in [2.45, 2.75) is 39.2 Å². The molecule has 0 radical (unpaired) electrons. The summed E-state index contributed by atoms with van der Waals surface area (Å²) in [6.45, 7) is 6.12. The molecule has 1 aromatic carbocycles. The molecule has 0 aromatic heterocycles. The standard InChI is InChI=1S/C14H20BNO4/c1-14(2,3)20-13(17)16-8-4-5-10-9-11(15(18)19)6-7-12(10)16/h6-7,9,18-19H,4-5,8H2,1-3H3. The van der Waals surface area contributed by atoms with Crippen molar-refractivity contribution in [3.05, 3.63) is 23.8 Å². The lowest BCUT2D eigenvalue weighted by Gasteiger charge is -2.32. The molecule has 1 aliphatic heterocycles. The molecule has 0 saturated carbocycles. The van der Waals surface area contributed by atoms with Crippen LogP contribution in [0.1, 0.15) is 32.8 Å². The van der Waals surface area contributed by atoms with Crippen molar-refractivity contribution in [1.29, 1.82) is 0 Å². The molecule has 0 bridgehead atoms. The quantitative estimate of drug-likeness (QED) is 0.753. The van der Waals surface area contributed by atoms with Gasteiger partial charge in [0.2, 0.25) is 0 Å². The second kappa shape index (κ2) is 5.46. The number of anilines is 1. The Hall–Kier alpha value is -1.53. The van der Waals surface area contributed by atoms with Crippen LogP contribution in [0.25, 0.3) is 0 Å². The lowest BCUT2D eigenvalue weighted by atomic mass is 9.78. The first-order chi connectivity index (χ1) is 9.28. The predicted octanol–water partition coefficient (Wildman–Crippen LogP) is 1.05. The third-order valence-corrected chi connectivity index (χ3v) is 3.13. The summed E-state index contributed by atoms with van der Waals surface area (Å²) in [4.78, 5) is 13.8. The number of hydrogen-bond donors (Lipinski definition) is 2. The van der Waals surface area contributed by atoms with Crippen LogP contribution in [0.4, 0.5) is 10.5 Å². The van der Waals surface area contributed by atoms with E-state index in [4.69, 9.17) is 4.74 Å². The van der Waals surface area contributed by atoms with Crippen LogP contribution < -0.4 is 10.4 Å². The van der Waals surface area contributed by atoms with Crippen molar-refractivity contribution in [2.24, 2.45) is 0 Å². The molecule has 0 spiro atoms. The summed E-state index contributed by atoms with van der Waals surface area (Å²) >= 11 is 0. The second-order valence-electron chi connectivity index (χ2n) is 6.00. The average Bonchev–Trinajstić information content (AvgIpc) is 2.35. The number of benzene rings is 1. The molecule has 1 amide bonds. The van der Waals surface area contributed by atoms with Crippen molar-refractivity contribution in [2.75, 3.05) is 11.4 Å². The maximum atomic E-state index is 12.2. The molecule has 0 aliphatic carbocycles. The lowest BCUT2D eigenvalue weighted by Crippen LogP contribution is -2.40. The first-order valence-electron chi connectivity index (χ1n) is 6.77. The Morgan fingerprint density at radius 3 is 2.65 bits per heavy atom. The van der Waals surface area contributed by atoms with Crippen LogP contribution >= 0.6 is 0 Å². The molecule has 1 heterocycles. The maximum absolute atomic E-state index is 12.2. The fourth-order valence-corrected chi connectivity index (χ4v) is 2.28. The van der Waals surface area contributed by atoms with Crippen molar-refractivity contribution in [3.63, 3.8) is 0 Å². The summed E-state index contributed by atoms with van der Waals surface area (Å²) in [5.74, 6) is 0. The number of amides is 1. The molecule has 108 valence electrons. The zero-order valence-electron chi connectivity index (χ0n) is 12.1. The van der Waals surface area contributed by atoms with Gasteiger partial charge in [-0.1, -0.05) is 12.1 Å². The average molecular weight is 277 g/mol. The summed E-state index contributed by atoms with van der Waals surface area (Å²) < 4.78 is 5.40. The van der Waals surface area contributed by atoms with Crippen LogP contribution in [0, 0.1) is 0 Å². The Bertz CT molecular complexity index is 510. The van der Waals surface area contributed by atoms with E-state index in [1.807, 2.05) is 20.8 Å². The van der Waals surface area contributed by atoms with E-state index in [0.29, 0.717) is 12.0 Å². The lowest BCUT2D eigenvalue weighted by molar-refractivity contribution is 0.0578. The van der Waals surface area contributed by atoms with Gasteiger partial charge in [-0.05, 0) is 50.7 Å². The Kier molecular flexibility index (Phi) is 4.06. The number of rotatable bonds is 1. The predicted molar refractivity (Wildman–Crippen MR) is 78.2 cm³/mol. The first-order valence-corrected chi connectivity index (χ1v) is 6.77. The molecule has 0 fully saturated rings. The van der Waals surface area contributed by atoms with Crippen LogP contribution in [-0.2, 0) is 11.2 Å². The number of fused-ring (bicyclic) bond motifs is 1. The van der Waals surface area contributed by atoms with E-state index in [1.54, 1.807) is 23.1 Å². The van der Waals surface area contributed by atoms with Gasteiger partial charge in [-0.3, -0.25) is 4.90 Å². The van der Waals surface area contributed by atoms with Crippen LogP contribution in [0.15, 0.2) is 18.2 Å². The van der Waals surface area contributed by atoms with Crippen molar-refractivity contribution >= 4 is 24.4 Å². The van der Waals surface area contributed by atoms with Crippen LogP contribution in [0.2, 0.25) is 0 Å². The number of carbonyl (C=O) groups is 1. The van der Waals surface area contributed by atoms with Gasteiger partial charge < -0.3 is 14.8 Å². The fraction of sp³-hybridized carbons (Fsp3) is 0.500. The van der Waals surface area contributed by atoms with Gasteiger partial charge in [0.15, 0.2) is 0 Å². The van der Waals surface area contributed by atoms with Crippen LogP contribution in [-0.4, -0.2) is 35.4 Å².